The minimum atomic E-state index is 0.857. The maximum atomic E-state index is 3.72. The van der Waals surface area contributed by atoms with Crippen LogP contribution in [-0.4, -0.2) is 0 Å². The first kappa shape index (κ1) is 13.0. The molecular formula is C15H16. The molecule has 15 heavy (non-hydrogen) atoms. The highest BCUT2D eigenvalue weighted by Crippen LogP contribution is 2.03. The van der Waals surface area contributed by atoms with Gasteiger partial charge in [0.25, 0.3) is 0 Å². The average molecular weight is 196 g/mol. The van der Waals surface area contributed by atoms with Gasteiger partial charge in [0.2, 0.25) is 0 Å². The van der Waals surface area contributed by atoms with E-state index in [-0.39, 0.29) is 0 Å². The van der Waals surface area contributed by atoms with Crippen LogP contribution in [0.5, 0.6) is 0 Å². The molecule has 0 aliphatic heterocycles. The first-order chi connectivity index (χ1) is 7.28. The van der Waals surface area contributed by atoms with E-state index in [4.69, 9.17) is 0 Å². The minimum Gasteiger partial charge on any atom is -0.121 e. The third kappa shape index (κ3) is 6.09. The maximum Gasteiger partial charge on any atom is 0.0152 e. The SMILES string of the molecule is C=C=C(C=C)C=CC(C=C)=CC=CC=C. The summed E-state index contributed by atoms with van der Waals surface area (Å²) in [6.45, 7) is 14.5. The Balaban J connectivity index is 4.72. The lowest BCUT2D eigenvalue weighted by molar-refractivity contribution is 1.65. The Hall–Kier alpha value is -2.04. The predicted octanol–water partition coefficient (Wildman–Crippen LogP) is 4.29. The fourth-order valence-electron chi connectivity index (χ4n) is 0.822. The molecule has 76 valence electrons. The Labute approximate surface area is 92.3 Å². The molecule has 0 heterocycles. The lowest BCUT2D eigenvalue weighted by Gasteiger charge is -1.91. The zero-order valence-electron chi connectivity index (χ0n) is 8.95. The fourth-order valence-corrected chi connectivity index (χ4v) is 0.822. The molecule has 0 bridgehead atoms. The van der Waals surface area contributed by atoms with Crippen LogP contribution in [0.25, 0.3) is 0 Å². The zero-order chi connectivity index (χ0) is 11.5. The molecule has 0 aliphatic carbocycles. The highest BCUT2D eigenvalue weighted by molar-refractivity contribution is 5.39. The van der Waals surface area contributed by atoms with Crippen molar-refractivity contribution in [2.75, 3.05) is 0 Å². The van der Waals surface area contributed by atoms with Gasteiger partial charge in [0.05, 0.1) is 0 Å². The van der Waals surface area contributed by atoms with Gasteiger partial charge in [0, 0.05) is 5.57 Å². The molecule has 0 rings (SSSR count). The molecule has 0 unspecified atom stereocenters. The summed E-state index contributed by atoms with van der Waals surface area (Å²) < 4.78 is 0. The summed E-state index contributed by atoms with van der Waals surface area (Å²) in [4.78, 5) is 0. The first-order valence-corrected chi connectivity index (χ1v) is 4.61. The summed E-state index contributed by atoms with van der Waals surface area (Å²) >= 11 is 0. The summed E-state index contributed by atoms with van der Waals surface area (Å²) in [5.41, 5.74) is 4.62. The second-order valence-electron chi connectivity index (χ2n) is 2.66. The standard InChI is InChI=1S/C15H16/c1-5-9-10-11-15(8-4)13-12-14(6-2)7-3/h5-6,8-13H,1-4H2. The molecule has 0 fully saturated rings. The molecule has 0 aromatic carbocycles. The van der Waals surface area contributed by atoms with Crippen LogP contribution in [0.3, 0.4) is 0 Å². The van der Waals surface area contributed by atoms with Crippen LogP contribution in [0.1, 0.15) is 0 Å². The molecule has 0 aromatic rings. The molecule has 0 saturated carbocycles. The largest absolute Gasteiger partial charge is 0.121 e. The topological polar surface area (TPSA) is 0 Å². The summed E-state index contributed by atoms with van der Waals surface area (Å²) in [7, 11) is 0. The summed E-state index contributed by atoms with van der Waals surface area (Å²) in [5, 5.41) is 0. The molecule has 0 spiro atoms. The van der Waals surface area contributed by atoms with E-state index in [2.05, 4.69) is 32.0 Å². The first-order valence-electron chi connectivity index (χ1n) is 4.61. The third-order valence-corrected chi connectivity index (χ3v) is 1.65. The van der Waals surface area contributed by atoms with E-state index in [0.717, 1.165) is 11.1 Å². The second-order valence-corrected chi connectivity index (χ2v) is 2.66. The van der Waals surface area contributed by atoms with Gasteiger partial charge in [-0.2, -0.15) is 0 Å². The smallest absolute Gasteiger partial charge is 0.0152 e. The Morgan fingerprint density at radius 1 is 0.933 bits per heavy atom. The van der Waals surface area contributed by atoms with Gasteiger partial charge in [-0.25, -0.2) is 0 Å². The van der Waals surface area contributed by atoms with Crippen LogP contribution < -0.4 is 0 Å². The van der Waals surface area contributed by atoms with E-state index in [9.17, 15) is 0 Å². The number of hydrogen-bond acceptors (Lipinski definition) is 0. The lowest BCUT2D eigenvalue weighted by Crippen LogP contribution is -1.71. The Morgan fingerprint density at radius 3 is 2.13 bits per heavy atom. The van der Waals surface area contributed by atoms with Gasteiger partial charge >= 0.3 is 0 Å². The van der Waals surface area contributed by atoms with Gasteiger partial charge in [-0.1, -0.05) is 68.8 Å². The van der Waals surface area contributed by atoms with Crippen molar-refractivity contribution in [3.05, 3.63) is 91.8 Å². The highest BCUT2D eigenvalue weighted by atomic mass is 13.9. The van der Waals surface area contributed by atoms with E-state index >= 15 is 0 Å². The van der Waals surface area contributed by atoms with E-state index in [1.165, 1.54) is 0 Å². The summed E-state index contributed by atoms with van der Waals surface area (Å²) in [5.74, 6) is 0. The predicted molar refractivity (Wildman–Crippen MR) is 69.6 cm³/mol. The monoisotopic (exact) mass is 196 g/mol. The quantitative estimate of drug-likeness (QED) is 0.439. The van der Waals surface area contributed by atoms with Crippen molar-refractivity contribution in [2.24, 2.45) is 0 Å². The summed E-state index contributed by atoms with van der Waals surface area (Å²) in [6, 6.07) is 0. The fraction of sp³-hybridized carbons (Fsp3) is 0. The average Bonchev–Trinajstić information content (AvgIpc) is 2.28. The van der Waals surface area contributed by atoms with Crippen LogP contribution in [0.4, 0.5) is 0 Å². The number of allylic oxidation sites excluding steroid dienone is 10. The van der Waals surface area contributed by atoms with Crippen LogP contribution in [-0.2, 0) is 0 Å². The van der Waals surface area contributed by atoms with E-state index in [0.29, 0.717) is 0 Å². The zero-order valence-corrected chi connectivity index (χ0v) is 8.95. The molecule has 0 radical (unpaired) electrons. The van der Waals surface area contributed by atoms with Gasteiger partial charge in [0.15, 0.2) is 0 Å². The number of hydrogen-bond donors (Lipinski definition) is 0. The lowest BCUT2D eigenvalue weighted by atomic mass is 10.1. The second kappa shape index (κ2) is 8.55. The van der Waals surface area contributed by atoms with Crippen molar-refractivity contribution < 1.29 is 0 Å². The van der Waals surface area contributed by atoms with Crippen molar-refractivity contribution in [1.82, 2.24) is 0 Å². The molecule has 0 aliphatic rings. The van der Waals surface area contributed by atoms with Gasteiger partial charge in [-0.3, -0.25) is 0 Å². The molecule has 0 nitrogen and oxygen atoms in total. The molecule has 0 amide bonds. The van der Waals surface area contributed by atoms with Crippen LogP contribution in [0.2, 0.25) is 0 Å². The normalized spacial score (nSPS) is 11.3. The Kier molecular flexibility index (Phi) is 7.39. The van der Waals surface area contributed by atoms with Crippen molar-refractivity contribution in [3.63, 3.8) is 0 Å². The van der Waals surface area contributed by atoms with Crippen molar-refractivity contribution in [1.29, 1.82) is 0 Å². The molecule has 0 atom stereocenters. The molecule has 0 heteroatoms. The summed E-state index contributed by atoms with van der Waals surface area (Å²) in [6.07, 6.45) is 14.7. The van der Waals surface area contributed by atoms with Gasteiger partial charge in [-0.15, -0.1) is 5.73 Å². The van der Waals surface area contributed by atoms with E-state index < -0.39 is 0 Å². The third-order valence-electron chi connectivity index (χ3n) is 1.65. The van der Waals surface area contributed by atoms with Crippen molar-refractivity contribution in [3.8, 4) is 0 Å². The molecular weight excluding hydrogens is 180 g/mol. The minimum absolute atomic E-state index is 0.857. The maximum absolute atomic E-state index is 3.72. The van der Waals surface area contributed by atoms with Crippen molar-refractivity contribution >= 4 is 0 Å². The molecule has 0 N–H and O–H groups in total. The van der Waals surface area contributed by atoms with E-state index in [1.54, 1.807) is 18.2 Å². The van der Waals surface area contributed by atoms with E-state index in [1.807, 2.05) is 30.4 Å². The molecule has 0 aromatic heterocycles. The van der Waals surface area contributed by atoms with Crippen LogP contribution in [0, 0.1) is 0 Å². The Bertz CT molecular complexity index is 367. The van der Waals surface area contributed by atoms with Gasteiger partial charge in [-0.05, 0) is 11.6 Å². The van der Waals surface area contributed by atoms with Crippen molar-refractivity contribution in [2.45, 2.75) is 0 Å². The van der Waals surface area contributed by atoms with Gasteiger partial charge in [0.1, 0.15) is 0 Å². The van der Waals surface area contributed by atoms with Crippen LogP contribution >= 0.6 is 0 Å². The number of rotatable bonds is 6. The highest BCUT2D eigenvalue weighted by Gasteiger charge is 1.83. The molecule has 0 saturated heterocycles. The van der Waals surface area contributed by atoms with Crippen LogP contribution in [0.15, 0.2) is 91.8 Å². The Morgan fingerprint density at radius 2 is 1.67 bits per heavy atom. The van der Waals surface area contributed by atoms with Gasteiger partial charge < -0.3 is 0 Å².